The molecule has 4 aliphatic carbocycles. The van der Waals surface area contributed by atoms with Gasteiger partial charge in [-0.05, 0) is 116 Å². The summed E-state index contributed by atoms with van der Waals surface area (Å²) in [5, 5.41) is 0. The van der Waals surface area contributed by atoms with Gasteiger partial charge in [-0.3, -0.25) is 0 Å². The van der Waals surface area contributed by atoms with Crippen LogP contribution in [0.1, 0.15) is 106 Å². The van der Waals surface area contributed by atoms with E-state index in [9.17, 15) is 0 Å². The maximum Gasteiger partial charge on any atom is 0.0618 e. The van der Waals surface area contributed by atoms with Gasteiger partial charge in [0.15, 0.2) is 0 Å². The van der Waals surface area contributed by atoms with Crippen LogP contribution in [0.5, 0.6) is 0 Å². The third-order valence-electron chi connectivity index (χ3n) is 11.5. The lowest BCUT2D eigenvalue weighted by molar-refractivity contribution is -0.121. The molecule has 1 heterocycles. The lowest BCUT2D eigenvalue weighted by atomic mass is 9.44. The average molecular weight is 401 g/mol. The van der Waals surface area contributed by atoms with Gasteiger partial charge in [-0.25, -0.2) is 0 Å². The molecule has 0 aromatic carbocycles. The van der Waals surface area contributed by atoms with Crippen LogP contribution in [0.2, 0.25) is 0 Å². The molecule has 5 rings (SSSR count). The van der Waals surface area contributed by atoms with Gasteiger partial charge in [0.05, 0.1) is 12.2 Å². The van der Waals surface area contributed by atoms with Crippen molar-refractivity contribution in [1.29, 1.82) is 0 Å². The minimum Gasteiger partial charge on any atom is -0.374 e. The van der Waals surface area contributed by atoms with Crippen LogP contribution in [0.15, 0.2) is 0 Å². The summed E-state index contributed by atoms with van der Waals surface area (Å²) in [6.45, 7) is 15.2. The van der Waals surface area contributed by atoms with Gasteiger partial charge in [-0.15, -0.1) is 0 Å². The van der Waals surface area contributed by atoms with Crippen LogP contribution < -0.4 is 0 Å². The van der Waals surface area contributed by atoms with Crippen LogP contribution in [-0.4, -0.2) is 12.2 Å². The second-order valence-electron chi connectivity index (χ2n) is 13.4. The highest BCUT2D eigenvalue weighted by Gasteiger charge is 2.65. The highest BCUT2D eigenvalue weighted by molar-refractivity contribution is 5.13. The van der Waals surface area contributed by atoms with E-state index in [0.717, 1.165) is 47.3 Å². The molecule has 5 aliphatic rings. The van der Waals surface area contributed by atoms with Gasteiger partial charge in [0, 0.05) is 0 Å². The van der Waals surface area contributed by atoms with Gasteiger partial charge in [0.25, 0.3) is 0 Å². The fourth-order valence-electron chi connectivity index (χ4n) is 9.99. The summed E-state index contributed by atoms with van der Waals surface area (Å²) in [7, 11) is 0. The van der Waals surface area contributed by atoms with Gasteiger partial charge in [-0.1, -0.05) is 48.0 Å². The van der Waals surface area contributed by atoms with Crippen molar-refractivity contribution in [1.82, 2.24) is 0 Å². The minimum absolute atomic E-state index is 0.538. The molecule has 0 unspecified atom stereocenters. The van der Waals surface area contributed by atoms with Crippen molar-refractivity contribution >= 4 is 0 Å². The Labute approximate surface area is 181 Å². The second kappa shape index (κ2) is 7.25. The summed E-state index contributed by atoms with van der Waals surface area (Å²) in [6, 6.07) is 0. The molecule has 1 saturated heterocycles. The third-order valence-corrected chi connectivity index (χ3v) is 11.5. The van der Waals surface area contributed by atoms with Gasteiger partial charge < -0.3 is 4.74 Å². The lowest BCUT2D eigenvalue weighted by Crippen LogP contribution is -2.53. The Bertz CT molecular complexity index is 611. The van der Waals surface area contributed by atoms with Gasteiger partial charge in [-0.2, -0.15) is 0 Å². The first-order valence-electron chi connectivity index (χ1n) is 13.4. The predicted molar refractivity (Wildman–Crippen MR) is 122 cm³/mol. The molecular formula is C28H48O. The smallest absolute Gasteiger partial charge is 0.0618 e. The van der Waals surface area contributed by atoms with Crippen LogP contribution in [-0.2, 0) is 4.74 Å². The largest absolute Gasteiger partial charge is 0.374 e. The number of rotatable bonds is 3. The van der Waals surface area contributed by atoms with E-state index in [-0.39, 0.29) is 0 Å². The van der Waals surface area contributed by atoms with Gasteiger partial charge >= 0.3 is 0 Å². The SMILES string of the molecule is CC(C)CC[C@H]1O[C@H]2C[C@H]3[C@@H]4CC[C@@H]5C[C@H](C)CC[C@]5(C)[C@H]4CC[C@]3(C)[C@H]2[C@@H]1C. The zero-order valence-electron chi connectivity index (χ0n) is 20.3. The molecule has 0 radical (unpaired) electrons. The van der Waals surface area contributed by atoms with Crippen molar-refractivity contribution in [3.8, 4) is 0 Å². The summed E-state index contributed by atoms with van der Waals surface area (Å²) in [4.78, 5) is 0. The zero-order valence-corrected chi connectivity index (χ0v) is 20.3. The zero-order chi connectivity index (χ0) is 20.6. The summed E-state index contributed by atoms with van der Waals surface area (Å²) >= 11 is 0. The monoisotopic (exact) mass is 400 g/mol. The fourth-order valence-corrected chi connectivity index (χ4v) is 9.99. The molecule has 0 aromatic rings. The lowest BCUT2D eigenvalue weighted by Gasteiger charge is -2.61. The van der Waals surface area contributed by atoms with Crippen LogP contribution in [0.3, 0.4) is 0 Å². The topological polar surface area (TPSA) is 9.23 Å². The number of hydrogen-bond acceptors (Lipinski definition) is 1. The molecule has 4 saturated carbocycles. The highest BCUT2D eigenvalue weighted by Crippen LogP contribution is 2.70. The third kappa shape index (κ3) is 3.10. The Morgan fingerprint density at radius 3 is 2.41 bits per heavy atom. The van der Waals surface area contributed by atoms with Crippen LogP contribution >= 0.6 is 0 Å². The van der Waals surface area contributed by atoms with Gasteiger partial charge in [0.1, 0.15) is 0 Å². The van der Waals surface area contributed by atoms with Crippen molar-refractivity contribution in [3.63, 3.8) is 0 Å². The van der Waals surface area contributed by atoms with Crippen molar-refractivity contribution in [2.75, 3.05) is 0 Å². The predicted octanol–water partition coefficient (Wildman–Crippen LogP) is 7.73. The second-order valence-corrected chi connectivity index (χ2v) is 13.4. The van der Waals surface area contributed by atoms with Crippen molar-refractivity contribution in [2.45, 2.75) is 118 Å². The molecule has 1 heteroatoms. The van der Waals surface area contributed by atoms with E-state index in [0.29, 0.717) is 23.0 Å². The first-order valence-corrected chi connectivity index (χ1v) is 13.4. The van der Waals surface area contributed by atoms with Gasteiger partial charge in [0.2, 0.25) is 0 Å². The molecule has 0 amide bonds. The maximum absolute atomic E-state index is 6.83. The van der Waals surface area contributed by atoms with Crippen molar-refractivity contribution < 1.29 is 4.74 Å². The van der Waals surface area contributed by atoms with Crippen molar-refractivity contribution in [2.24, 2.45) is 58.2 Å². The molecule has 0 aromatic heterocycles. The van der Waals surface area contributed by atoms with E-state index >= 15 is 0 Å². The molecule has 29 heavy (non-hydrogen) atoms. The summed E-state index contributed by atoms with van der Waals surface area (Å²) in [5.41, 5.74) is 1.21. The number of ether oxygens (including phenoxy) is 1. The van der Waals surface area contributed by atoms with E-state index in [1.807, 2.05) is 0 Å². The summed E-state index contributed by atoms with van der Waals surface area (Å²) in [6.07, 6.45) is 15.7. The summed E-state index contributed by atoms with van der Waals surface area (Å²) in [5.74, 6) is 7.36. The van der Waals surface area contributed by atoms with E-state index in [1.165, 1.54) is 64.2 Å². The molecule has 0 N–H and O–H groups in total. The van der Waals surface area contributed by atoms with Crippen molar-refractivity contribution in [3.05, 3.63) is 0 Å². The molecule has 0 spiro atoms. The highest BCUT2D eigenvalue weighted by atomic mass is 16.5. The Balaban J connectivity index is 1.35. The van der Waals surface area contributed by atoms with E-state index in [4.69, 9.17) is 4.74 Å². The molecular weight excluding hydrogens is 352 g/mol. The fraction of sp³-hybridized carbons (Fsp3) is 1.00. The number of fused-ring (bicyclic) bond motifs is 7. The average Bonchev–Trinajstić information content (AvgIpc) is 3.14. The Morgan fingerprint density at radius 1 is 0.897 bits per heavy atom. The Morgan fingerprint density at radius 2 is 1.66 bits per heavy atom. The number of hydrogen-bond donors (Lipinski definition) is 0. The Kier molecular flexibility index (Phi) is 5.21. The quantitative estimate of drug-likeness (QED) is 0.471. The van der Waals surface area contributed by atoms with Crippen LogP contribution in [0, 0.1) is 58.2 Å². The maximum atomic E-state index is 6.83. The summed E-state index contributed by atoms with van der Waals surface area (Å²) < 4.78 is 6.83. The molecule has 1 aliphatic heterocycles. The van der Waals surface area contributed by atoms with E-state index in [2.05, 4.69) is 41.5 Å². The first-order chi connectivity index (χ1) is 13.7. The Hall–Kier alpha value is -0.0400. The molecule has 11 atom stereocenters. The first kappa shape index (κ1) is 20.8. The minimum atomic E-state index is 0.538. The molecule has 1 nitrogen and oxygen atoms in total. The van der Waals surface area contributed by atoms with E-state index < -0.39 is 0 Å². The molecule has 166 valence electrons. The van der Waals surface area contributed by atoms with E-state index in [1.54, 1.807) is 0 Å². The standard InChI is InChI=1S/C28H48O/c1-17(2)7-10-24-19(4)26-25(29-24)16-23-21-9-8-20-15-18(3)11-13-27(20,5)22(21)12-14-28(23,26)6/h17-26H,7-16H2,1-6H3/t18-,19-,20-,21-,22+,23+,24-,25+,26+,27+,28+/m1/s1. The van der Waals surface area contributed by atoms with Crippen LogP contribution in [0.4, 0.5) is 0 Å². The molecule has 0 bridgehead atoms. The molecule has 5 fully saturated rings. The van der Waals surface area contributed by atoms with Crippen LogP contribution in [0.25, 0.3) is 0 Å². The normalized spacial score (nSPS) is 56.6.